The number of rotatable bonds is 3. The molecule has 0 aliphatic carbocycles. The normalized spacial score (nSPS) is 25.0. The Morgan fingerprint density at radius 1 is 0.967 bits per heavy atom. The van der Waals surface area contributed by atoms with Crippen molar-refractivity contribution in [3.8, 4) is 0 Å². The van der Waals surface area contributed by atoms with Crippen LogP contribution >= 0.6 is 0 Å². The van der Waals surface area contributed by atoms with Gasteiger partial charge >= 0.3 is 178 Å². The molecule has 0 radical (unpaired) electrons. The van der Waals surface area contributed by atoms with Crippen molar-refractivity contribution in [1.29, 1.82) is 0 Å². The maximum atomic E-state index is 12.3. The van der Waals surface area contributed by atoms with Gasteiger partial charge in [0.15, 0.2) is 0 Å². The number of benzene rings is 2. The van der Waals surface area contributed by atoms with Gasteiger partial charge in [0.1, 0.15) is 0 Å². The van der Waals surface area contributed by atoms with Gasteiger partial charge in [0.2, 0.25) is 0 Å². The fourth-order valence-electron chi connectivity index (χ4n) is 4.18. The Labute approximate surface area is 178 Å². The van der Waals surface area contributed by atoms with Crippen LogP contribution in [-0.2, 0) is 10.9 Å². The molecule has 0 bridgehead atoms. The van der Waals surface area contributed by atoms with Gasteiger partial charge in [0, 0.05) is 0 Å². The molecule has 3 heterocycles. The van der Waals surface area contributed by atoms with E-state index in [4.69, 9.17) is 10.9 Å². The average molecular weight is 513 g/mol. The molecule has 154 valence electrons. The summed E-state index contributed by atoms with van der Waals surface area (Å²) in [7, 11) is 0. The predicted octanol–water partition coefficient (Wildman–Crippen LogP) is 0.805. The van der Waals surface area contributed by atoms with Crippen LogP contribution in [-0.4, -0.2) is 47.6 Å². The molecule has 5 rings (SSSR count). The first-order valence-electron chi connectivity index (χ1n) is 9.97. The van der Waals surface area contributed by atoms with Gasteiger partial charge in [0.05, 0.1) is 0 Å². The molecule has 3 atom stereocenters. The summed E-state index contributed by atoms with van der Waals surface area (Å²) in [5.74, 6) is 0. The Morgan fingerprint density at radius 2 is 1.60 bits per heavy atom. The van der Waals surface area contributed by atoms with Gasteiger partial charge in [-0.3, -0.25) is 0 Å². The molecule has 0 unspecified atom stereocenters. The van der Waals surface area contributed by atoms with E-state index in [2.05, 4.69) is 29.2 Å². The molecule has 3 aromatic rings. The Balaban J connectivity index is 1.50. The van der Waals surface area contributed by atoms with Crippen molar-refractivity contribution in [2.24, 2.45) is 0 Å². The number of aromatic amines is 1. The zero-order chi connectivity index (χ0) is 20.7. The van der Waals surface area contributed by atoms with Gasteiger partial charge in [-0.2, -0.15) is 0 Å². The van der Waals surface area contributed by atoms with Crippen LogP contribution in [0, 0.1) is 6.92 Å². The molecular formula is C22H22N2O5Sn. The van der Waals surface area contributed by atoms with E-state index in [1.165, 1.54) is 4.57 Å². The van der Waals surface area contributed by atoms with Gasteiger partial charge in [0.25, 0.3) is 0 Å². The summed E-state index contributed by atoms with van der Waals surface area (Å²) in [4.78, 5) is 26.4. The van der Waals surface area contributed by atoms with Crippen molar-refractivity contribution in [1.82, 2.24) is 9.55 Å². The summed E-state index contributed by atoms with van der Waals surface area (Å²) >= 11 is -3.86. The summed E-state index contributed by atoms with van der Waals surface area (Å²) in [6, 6.07) is 20.3. The number of hydrogen-bond acceptors (Lipinski definition) is 5. The van der Waals surface area contributed by atoms with Crippen LogP contribution < -0.4 is 18.4 Å². The van der Waals surface area contributed by atoms with Crippen molar-refractivity contribution in [2.45, 2.75) is 31.8 Å². The molecule has 2 aliphatic rings. The first-order valence-corrected chi connectivity index (χ1v) is 15.2. The molecule has 7 nitrogen and oxygen atoms in total. The van der Waals surface area contributed by atoms with Crippen molar-refractivity contribution in [3.05, 3.63) is 93.3 Å². The van der Waals surface area contributed by atoms with Crippen molar-refractivity contribution in [2.75, 3.05) is 6.61 Å². The number of aromatic nitrogens is 2. The number of nitrogens with zero attached hydrogens (tertiary/aromatic N) is 1. The van der Waals surface area contributed by atoms with Crippen LogP contribution in [0.1, 0.15) is 18.2 Å². The zero-order valence-electron chi connectivity index (χ0n) is 16.5. The number of H-pyrrole nitrogens is 1. The fourth-order valence-corrected chi connectivity index (χ4v) is 13.7. The maximum absolute atomic E-state index is 12.3. The van der Waals surface area contributed by atoms with E-state index in [0.29, 0.717) is 18.6 Å². The van der Waals surface area contributed by atoms with Gasteiger partial charge < -0.3 is 0 Å². The van der Waals surface area contributed by atoms with E-state index >= 15 is 0 Å². The average Bonchev–Trinajstić information content (AvgIpc) is 3.20. The topological polar surface area (TPSA) is 82.6 Å². The van der Waals surface area contributed by atoms with Crippen LogP contribution in [0.3, 0.4) is 0 Å². The minimum absolute atomic E-state index is 0.181. The molecule has 2 saturated heterocycles. The van der Waals surface area contributed by atoms with Crippen molar-refractivity contribution < 1.29 is 10.9 Å². The Morgan fingerprint density at radius 3 is 2.23 bits per heavy atom. The predicted molar refractivity (Wildman–Crippen MR) is 113 cm³/mol. The SMILES string of the molecule is Cc1cn([C@@H]2C[C@H]3[O][Sn]([c]4ccccc4)([c]4ccccc4)[O]C[C@H]3O2)c(=O)[nH]c1=O. The first kappa shape index (κ1) is 19.7. The van der Waals surface area contributed by atoms with Crippen LogP contribution in [0.25, 0.3) is 0 Å². The number of hydrogen-bond donors (Lipinski definition) is 1. The second-order valence-electron chi connectivity index (χ2n) is 7.66. The molecule has 8 heteroatoms. The summed E-state index contributed by atoms with van der Waals surface area (Å²) < 4.78 is 23.1. The third-order valence-electron chi connectivity index (χ3n) is 5.71. The van der Waals surface area contributed by atoms with E-state index in [0.717, 1.165) is 7.16 Å². The summed E-state index contributed by atoms with van der Waals surface area (Å²) in [5.41, 5.74) is -0.391. The number of fused-ring (bicyclic) bond motifs is 1. The van der Waals surface area contributed by atoms with E-state index in [1.54, 1.807) is 13.1 Å². The number of ether oxygens (including phenoxy) is 1. The van der Waals surface area contributed by atoms with E-state index in [9.17, 15) is 9.59 Å². The Bertz CT molecular complexity index is 1120. The van der Waals surface area contributed by atoms with Gasteiger partial charge in [-0.1, -0.05) is 0 Å². The van der Waals surface area contributed by atoms with Crippen LogP contribution in [0.5, 0.6) is 0 Å². The zero-order valence-corrected chi connectivity index (χ0v) is 19.3. The van der Waals surface area contributed by atoms with Crippen LogP contribution in [0.2, 0.25) is 0 Å². The monoisotopic (exact) mass is 514 g/mol. The van der Waals surface area contributed by atoms with Crippen LogP contribution in [0.4, 0.5) is 0 Å². The molecule has 0 amide bonds. The molecule has 0 spiro atoms. The molecule has 2 fully saturated rings. The number of aryl methyl sites for hydroxylation is 1. The fraction of sp³-hybridized carbons (Fsp3) is 0.273. The van der Waals surface area contributed by atoms with E-state index < -0.39 is 31.1 Å². The standard InChI is InChI=1S/C10H12N2O5.2C6H5.Sn/c1-5-3-12(10(16)11-9(5)15)8-2-6(14)7(4-13)17-8;2*1-2-4-6-5-3-1;/h3,6-8H,2,4H2,1H3,(H,11,15,16);2*1-5H;/q-2;;;+2/t6-,7-,8+;;;/m1.../s1. The molecule has 0 saturated carbocycles. The van der Waals surface area contributed by atoms with Gasteiger partial charge in [-0.05, 0) is 0 Å². The molecule has 1 N–H and O–H groups in total. The Kier molecular flexibility index (Phi) is 5.14. The Hall–Kier alpha value is -2.20. The van der Waals surface area contributed by atoms with Crippen molar-refractivity contribution in [3.63, 3.8) is 0 Å². The minimum atomic E-state index is -3.86. The molecule has 30 heavy (non-hydrogen) atoms. The summed E-state index contributed by atoms with van der Waals surface area (Å²) in [5, 5.41) is 0. The van der Waals surface area contributed by atoms with Gasteiger partial charge in [-0.15, -0.1) is 0 Å². The molecule has 2 aliphatic heterocycles. The van der Waals surface area contributed by atoms with Gasteiger partial charge in [-0.25, -0.2) is 0 Å². The molecule has 2 aromatic carbocycles. The second kappa shape index (κ2) is 7.81. The van der Waals surface area contributed by atoms with E-state index in [1.807, 2.05) is 36.4 Å². The summed E-state index contributed by atoms with van der Waals surface area (Å²) in [6.45, 7) is 2.08. The second-order valence-corrected chi connectivity index (χ2v) is 16.0. The van der Waals surface area contributed by atoms with Crippen LogP contribution in [0.15, 0.2) is 76.4 Å². The summed E-state index contributed by atoms with van der Waals surface area (Å²) in [6.07, 6.45) is 1.14. The first-order chi connectivity index (χ1) is 14.6. The number of nitrogens with one attached hydrogen (secondary N) is 1. The molecular weight excluding hydrogens is 491 g/mol. The van der Waals surface area contributed by atoms with Crippen molar-refractivity contribution >= 4 is 26.4 Å². The quantitative estimate of drug-likeness (QED) is 0.525. The molecule has 1 aromatic heterocycles. The van der Waals surface area contributed by atoms with E-state index in [-0.39, 0.29) is 17.8 Å². The third kappa shape index (κ3) is 3.35. The third-order valence-corrected chi connectivity index (χ3v) is 15.4.